The molecular formula is C18H20N2O7S2. The van der Waals surface area contributed by atoms with E-state index in [4.69, 9.17) is 26.8 Å². The molecule has 0 aromatic heterocycles. The molecule has 1 fully saturated rings. The Morgan fingerprint density at radius 1 is 1.28 bits per heavy atom. The van der Waals surface area contributed by atoms with Gasteiger partial charge in [-0.3, -0.25) is 19.3 Å². The van der Waals surface area contributed by atoms with Crippen LogP contribution in [0.2, 0.25) is 0 Å². The summed E-state index contributed by atoms with van der Waals surface area (Å²) >= 11 is 6.38. The number of carbonyl (C=O) groups excluding carboxylic acids is 2. The molecule has 2 amide bonds. The number of aromatic hydroxyl groups is 1. The van der Waals surface area contributed by atoms with Crippen LogP contribution in [0.25, 0.3) is 6.08 Å². The Morgan fingerprint density at radius 3 is 2.45 bits per heavy atom. The summed E-state index contributed by atoms with van der Waals surface area (Å²) in [6.07, 6.45) is 2.03. The van der Waals surface area contributed by atoms with Gasteiger partial charge in [-0.05, 0) is 30.2 Å². The van der Waals surface area contributed by atoms with Gasteiger partial charge < -0.3 is 25.0 Å². The number of thioether (sulfide) groups is 1. The number of methoxy groups -OCH3 is 2. The maximum atomic E-state index is 12.6. The summed E-state index contributed by atoms with van der Waals surface area (Å²) < 4.78 is 10.6. The van der Waals surface area contributed by atoms with Crippen molar-refractivity contribution >= 4 is 52.2 Å². The Hall–Kier alpha value is -2.79. The van der Waals surface area contributed by atoms with E-state index >= 15 is 0 Å². The lowest BCUT2D eigenvalue weighted by Gasteiger charge is -2.14. The number of phenolic OH excluding ortho intramolecular Hbond substituents is 1. The van der Waals surface area contributed by atoms with Crippen molar-refractivity contribution in [1.82, 2.24) is 10.2 Å². The largest absolute Gasteiger partial charge is 0.502 e. The number of hydrogen-bond acceptors (Lipinski definition) is 8. The van der Waals surface area contributed by atoms with E-state index in [1.165, 1.54) is 19.1 Å². The normalized spacial score (nSPS) is 15.0. The van der Waals surface area contributed by atoms with E-state index in [0.29, 0.717) is 21.2 Å². The maximum Gasteiger partial charge on any atom is 0.322 e. The zero-order chi connectivity index (χ0) is 21.6. The number of aliphatic carboxylic acids is 1. The fourth-order valence-electron chi connectivity index (χ4n) is 2.50. The summed E-state index contributed by atoms with van der Waals surface area (Å²) in [5, 5.41) is 20.8. The number of carboxylic acid groups (broad SMARTS) is 1. The van der Waals surface area contributed by atoms with Crippen molar-refractivity contribution in [3.8, 4) is 17.2 Å². The monoisotopic (exact) mass is 440 g/mol. The molecule has 0 spiro atoms. The maximum absolute atomic E-state index is 12.6. The van der Waals surface area contributed by atoms with Crippen molar-refractivity contribution in [3.05, 3.63) is 22.6 Å². The molecule has 1 saturated heterocycles. The number of carboxylic acids is 1. The Labute approximate surface area is 176 Å². The number of ether oxygens (including phenoxy) is 2. The van der Waals surface area contributed by atoms with E-state index < -0.39 is 18.4 Å². The third-order valence-corrected chi connectivity index (χ3v) is 5.27. The highest BCUT2D eigenvalue weighted by Gasteiger charge is 2.31. The SMILES string of the molecule is COc1cc(/C=C2\SC(=S)N(CCCC(=O)NCC(=O)O)C2=O)cc(OC)c1O. The molecule has 0 atom stereocenters. The molecule has 29 heavy (non-hydrogen) atoms. The first-order valence-corrected chi connectivity index (χ1v) is 9.68. The van der Waals surface area contributed by atoms with Gasteiger partial charge in [-0.1, -0.05) is 24.0 Å². The molecule has 0 radical (unpaired) electrons. The Kier molecular flexibility index (Phi) is 7.85. The first kappa shape index (κ1) is 22.5. The zero-order valence-electron chi connectivity index (χ0n) is 15.8. The van der Waals surface area contributed by atoms with Crippen LogP contribution in [0.1, 0.15) is 18.4 Å². The average molecular weight is 440 g/mol. The van der Waals surface area contributed by atoms with E-state index in [1.54, 1.807) is 18.2 Å². The van der Waals surface area contributed by atoms with Crippen LogP contribution in [-0.2, 0) is 14.4 Å². The third kappa shape index (κ3) is 5.84. The van der Waals surface area contributed by atoms with Crippen molar-refractivity contribution in [2.24, 2.45) is 0 Å². The number of rotatable bonds is 9. The Morgan fingerprint density at radius 2 is 1.90 bits per heavy atom. The van der Waals surface area contributed by atoms with E-state index in [1.807, 2.05) is 0 Å². The van der Waals surface area contributed by atoms with Gasteiger partial charge in [-0.15, -0.1) is 0 Å². The zero-order valence-corrected chi connectivity index (χ0v) is 17.4. The predicted octanol–water partition coefficient (Wildman–Crippen LogP) is 1.59. The second-order valence-electron chi connectivity index (χ2n) is 5.88. The molecule has 0 aliphatic carbocycles. The fraction of sp³-hybridized carbons (Fsp3) is 0.333. The van der Waals surface area contributed by atoms with Crippen molar-refractivity contribution in [2.45, 2.75) is 12.8 Å². The predicted molar refractivity (Wildman–Crippen MR) is 111 cm³/mol. The number of nitrogens with one attached hydrogen (secondary N) is 1. The molecule has 0 unspecified atom stereocenters. The summed E-state index contributed by atoms with van der Waals surface area (Å²) in [5.74, 6) is -1.55. The van der Waals surface area contributed by atoms with Gasteiger partial charge >= 0.3 is 5.97 Å². The molecule has 2 rings (SSSR count). The molecular weight excluding hydrogens is 420 g/mol. The minimum atomic E-state index is -1.12. The number of amides is 2. The van der Waals surface area contributed by atoms with Gasteiger partial charge in [0.15, 0.2) is 11.5 Å². The third-order valence-electron chi connectivity index (χ3n) is 3.90. The molecule has 1 heterocycles. The molecule has 0 saturated carbocycles. The van der Waals surface area contributed by atoms with Crippen molar-refractivity contribution in [1.29, 1.82) is 0 Å². The quantitative estimate of drug-likeness (QED) is 0.388. The molecule has 1 aromatic rings. The lowest BCUT2D eigenvalue weighted by atomic mass is 10.1. The number of thiocarbonyl (C=S) groups is 1. The van der Waals surface area contributed by atoms with Crippen LogP contribution < -0.4 is 14.8 Å². The number of hydrogen-bond donors (Lipinski definition) is 3. The first-order valence-electron chi connectivity index (χ1n) is 8.45. The molecule has 3 N–H and O–H groups in total. The van der Waals surface area contributed by atoms with Crippen LogP contribution in [0.15, 0.2) is 17.0 Å². The van der Waals surface area contributed by atoms with Gasteiger partial charge in [0.2, 0.25) is 11.7 Å². The van der Waals surface area contributed by atoms with Crippen molar-refractivity contribution in [3.63, 3.8) is 0 Å². The highest BCUT2D eigenvalue weighted by Crippen LogP contribution is 2.39. The lowest BCUT2D eigenvalue weighted by Crippen LogP contribution is -2.32. The average Bonchev–Trinajstić information content (AvgIpc) is 2.94. The van der Waals surface area contributed by atoms with Gasteiger partial charge in [0.25, 0.3) is 5.91 Å². The number of benzene rings is 1. The van der Waals surface area contributed by atoms with E-state index in [0.717, 1.165) is 11.8 Å². The molecule has 0 bridgehead atoms. The lowest BCUT2D eigenvalue weighted by molar-refractivity contribution is -0.137. The van der Waals surface area contributed by atoms with Crippen molar-refractivity contribution < 1.29 is 34.1 Å². The minimum absolute atomic E-state index is 0.0791. The number of nitrogens with zero attached hydrogens (tertiary/aromatic N) is 1. The smallest absolute Gasteiger partial charge is 0.322 e. The minimum Gasteiger partial charge on any atom is -0.502 e. The Bertz CT molecular complexity index is 845. The second-order valence-corrected chi connectivity index (χ2v) is 7.56. The van der Waals surface area contributed by atoms with E-state index in [2.05, 4.69) is 5.32 Å². The van der Waals surface area contributed by atoms with Gasteiger partial charge in [0.05, 0.1) is 19.1 Å². The summed E-state index contributed by atoms with van der Waals surface area (Å²) in [6.45, 7) is -0.201. The van der Waals surface area contributed by atoms with Crippen LogP contribution in [0.4, 0.5) is 0 Å². The van der Waals surface area contributed by atoms with Crippen LogP contribution in [0, 0.1) is 0 Å². The van der Waals surface area contributed by atoms with Gasteiger partial charge in [0, 0.05) is 13.0 Å². The van der Waals surface area contributed by atoms with Crippen LogP contribution in [0.5, 0.6) is 17.2 Å². The molecule has 1 aliphatic heterocycles. The van der Waals surface area contributed by atoms with Gasteiger partial charge in [-0.2, -0.15) is 0 Å². The van der Waals surface area contributed by atoms with Crippen LogP contribution in [0.3, 0.4) is 0 Å². The molecule has 1 aliphatic rings. The standard InChI is InChI=1S/C18H20N2O7S2/c1-26-11-6-10(7-12(27-2)16(11)24)8-13-17(25)20(18(28)29-13)5-3-4-14(21)19-9-15(22)23/h6-8,24H,3-5,9H2,1-2H3,(H,19,21)(H,22,23)/b13-8-. The molecule has 156 valence electrons. The van der Waals surface area contributed by atoms with Crippen molar-refractivity contribution in [2.75, 3.05) is 27.3 Å². The van der Waals surface area contributed by atoms with E-state index in [9.17, 15) is 19.5 Å². The summed E-state index contributed by atoms with van der Waals surface area (Å²) in [7, 11) is 2.81. The first-order chi connectivity index (χ1) is 13.8. The van der Waals surface area contributed by atoms with Crippen LogP contribution in [-0.4, -0.2) is 64.5 Å². The number of carbonyl (C=O) groups is 3. The van der Waals surface area contributed by atoms with Gasteiger partial charge in [-0.25, -0.2) is 0 Å². The highest BCUT2D eigenvalue weighted by molar-refractivity contribution is 8.26. The highest BCUT2D eigenvalue weighted by atomic mass is 32.2. The molecule has 9 nitrogen and oxygen atoms in total. The molecule has 1 aromatic carbocycles. The summed E-state index contributed by atoms with van der Waals surface area (Å²) in [5.41, 5.74) is 0.588. The van der Waals surface area contributed by atoms with E-state index in [-0.39, 0.29) is 36.1 Å². The summed E-state index contributed by atoms with van der Waals surface area (Å²) in [4.78, 5) is 36.4. The Balaban J connectivity index is 2.05. The topological polar surface area (TPSA) is 125 Å². The second kappa shape index (κ2) is 10.1. The summed E-state index contributed by atoms with van der Waals surface area (Å²) in [6, 6.07) is 3.13. The fourth-order valence-corrected chi connectivity index (χ4v) is 3.81. The van der Waals surface area contributed by atoms with Gasteiger partial charge in [0.1, 0.15) is 10.9 Å². The number of phenols is 1. The molecule has 11 heteroatoms. The van der Waals surface area contributed by atoms with Crippen LogP contribution >= 0.6 is 24.0 Å².